The average molecular weight is 581 g/mol. The van der Waals surface area contributed by atoms with E-state index in [1.807, 2.05) is 13.0 Å². The molecule has 0 saturated carbocycles. The van der Waals surface area contributed by atoms with Gasteiger partial charge in [-0.05, 0) is 73.2 Å². The van der Waals surface area contributed by atoms with Crippen molar-refractivity contribution in [2.45, 2.75) is 16.7 Å². The van der Waals surface area contributed by atoms with Gasteiger partial charge in [0.2, 0.25) is 5.91 Å². The normalized spacial score (nSPS) is 11.4. The molecule has 40 heavy (non-hydrogen) atoms. The van der Waals surface area contributed by atoms with Crippen LogP contribution in [0.15, 0.2) is 113 Å². The van der Waals surface area contributed by atoms with Crippen LogP contribution in [0.1, 0.15) is 5.56 Å². The number of hydrogen-bond donors (Lipinski definition) is 2. The van der Waals surface area contributed by atoms with E-state index in [1.165, 1.54) is 60.7 Å². The van der Waals surface area contributed by atoms with Gasteiger partial charge in [-0.1, -0.05) is 30.3 Å². The maximum Gasteiger partial charge on any atom is 0.269 e. The number of sulfonamides is 2. The summed E-state index contributed by atoms with van der Waals surface area (Å²) in [5.74, 6) is -0.716. The maximum absolute atomic E-state index is 13.4. The largest absolute Gasteiger partial charge is 0.325 e. The first-order valence-electron chi connectivity index (χ1n) is 11.8. The Bertz CT molecular complexity index is 1740. The fourth-order valence-corrected chi connectivity index (χ4v) is 6.24. The van der Waals surface area contributed by atoms with Crippen LogP contribution >= 0.6 is 0 Å². The fraction of sp³-hybridized carbons (Fsp3) is 0.0741. The van der Waals surface area contributed by atoms with Crippen molar-refractivity contribution >= 4 is 48.7 Å². The van der Waals surface area contributed by atoms with Crippen LogP contribution in [0.3, 0.4) is 0 Å². The van der Waals surface area contributed by atoms with Gasteiger partial charge >= 0.3 is 0 Å². The number of benzene rings is 4. The Labute approximate surface area is 231 Å². The highest BCUT2D eigenvalue weighted by Gasteiger charge is 2.27. The quantitative estimate of drug-likeness (QED) is 0.206. The summed E-state index contributed by atoms with van der Waals surface area (Å²) in [6.07, 6.45) is 0. The van der Waals surface area contributed by atoms with E-state index in [2.05, 4.69) is 10.0 Å². The number of rotatable bonds is 10. The SMILES string of the molecule is Cc1cccc(NS(=O)(=O)c2ccc(NC(=O)CN(c3ccc([N+](=O)[O-])cc3)S(=O)(=O)c3ccccc3)cc2)c1. The van der Waals surface area contributed by atoms with Crippen molar-refractivity contribution in [3.05, 3.63) is 119 Å². The second-order valence-electron chi connectivity index (χ2n) is 8.65. The van der Waals surface area contributed by atoms with E-state index in [0.29, 0.717) is 5.69 Å². The van der Waals surface area contributed by atoms with Crippen LogP contribution in [0.4, 0.5) is 22.7 Å². The van der Waals surface area contributed by atoms with E-state index in [4.69, 9.17) is 0 Å². The summed E-state index contributed by atoms with van der Waals surface area (Å²) in [6.45, 7) is 1.19. The summed E-state index contributed by atoms with van der Waals surface area (Å²) < 4.78 is 55.6. The number of carbonyl (C=O) groups is 1. The molecule has 206 valence electrons. The number of nitrogens with one attached hydrogen (secondary N) is 2. The first-order chi connectivity index (χ1) is 19.0. The van der Waals surface area contributed by atoms with Gasteiger partial charge in [0.1, 0.15) is 6.54 Å². The Balaban J connectivity index is 1.54. The molecule has 0 saturated heterocycles. The highest BCUT2D eigenvalue weighted by Crippen LogP contribution is 2.26. The molecule has 1 amide bonds. The molecule has 0 aliphatic rings. The maximum atomic E-state index is 13.4. The predicted molar refractivity (Wildman–Crippen MR) is 151 cm³/mol. The summed E-state index contributed by atoms with van der Waals surface area (Å²) in [6, 6.07) is 24.5. The molecule has 4 aromatic rings. The first kappa shape index (κ1) is 28.3. The molecule has 0 fully saturated rings. The van der Waals surface area contributed by atoms with Gasteiger partial charge in [-0.3, -0.25) is 23.9 Å². The molecular weight excluding hydrogens is 556 g/mol. The highest BCUT2D eigenvalue weighted by atomic mass is 32.2. The minimum absolute atomic E-state index is 0.0360. The standard InChI is InChI=1S/C27H24N4O7S2/c1-20-6-5-7-22(18-20)29-39(35,36)25-16-10-21(11-17-25)28-27(32)19-30(23-12-14-24(15-13-23)31(33)34)40(37,38)26-8-3-2-4-9-26/h2-18,29H,19H2,1H3,(H,28,32). The van der Waals surface area contributed by atoms with Gasteiger partial charge in [0.15, 0.2) is 0 Å². The van der Waals surface area contributed by atoms with Gasteiger partial charge in [-0.2, -0.15) is 0 Å². The third-order valence-electron chi connectivity index (χ3n) is 5.69. The molecule has 0 spiro atoms. The molecule has 0 unspecified atom stereocenters. The molecule has 0 aliphatic carbocycles. The molecule has 0 bridgehead atoms. The van der Waals surface area contributed by atoms with Crippen LogP contribution in [0.2, 0.25) is 0 Å². The second kappa shape index (κ2) is 11.6. The van der Waals surface area contributed by atoms with Gasteiger partial charge in [0.25, 0.3) is 25.7 Å². The van der Waals surface area contributed by atoms with Crippen LogP contribution in [-0.4, -0.2) is 34.2 Å². The Kier molecular flexibility index (Phi) is 8.16. The number of aryl methyl sites for hydroxylation is 1. The first-order valence-corrected chi connectivity index (χ1v) is 14.7. The van der Waals surface area contributed by atoms with Crippen LogP contribution < -0.4 is 14.3 Å². The molecule has 4 aromatic carbocycles. The Morgan fingerprint density at radius 3 is 2.05 bits per heavy atom. The van der Waals surface area contributed by atoms with Crippen LogP contribution in [0.25, 0.3) is 0 Å². The molecule has 2 N–H and O–H groups in total. The van der Waals surface area contributed by atoms with Crippen molar-refractivity contribution < 1.29 is 26.6 Å². The van der Waals surface area contributed by atoms with Crippen LogP contribution in [-0.2, 0) is 24.8 Å². The third-order valence-corrected chi connectivity index (χ3v) is 8.87. The summed E-state index contributed by atoms with van der Waals surface area (Å²) >= 11 is 0. The molecule has 0 aromatic heterocycles. The molecule has 0 heterocycles. The number of carbonyl (C=O) groups excluding carboxylic acids is 1. The van der Waals surface area contributed by atoms with E-state index >= 15 is 0 Å². The Morgan fingerprint density at radius 1 is 0.800 bits per heavy atom. The fourth-order valence-electron chi connectivity index (χ4n) is 3.75. The highest BCUT2D eigenvalue weighted by molar-refractivity contribution is 7.93. The molecule has 0 atom stereocenters. The third kappa shape index (κ3) is 6.62. The Morgan fingerprint density at radius 2 is 1.45 bits per heavy atom. The summed E-state index contributed by atoms with van der Waals surface area (Å²) in [5, 5.41) is 13.6. The van der Waals surface area contributed by atoms with Gasteiger partial charge in [0.05, 0.1) is 20.4 Å². The van der Waals surface area contributed by atoms with Gasteiger partial charge in [-0.15, -0.1) is 0 Å². The van der Waals surface area contributed by atoms with Crippen molar-refractivity contribution in [3.8, 4) is 0 Å². The van der Waals surface area contributed by atoms with E-state index in [1.54, 1.807) is 24.3 Å². The van der Waals surface area contributed by atoms with Gasteiger partial charge in [0, 0.05) is 23.5 Å². The number of anilines is 3. The van der Waals surface area contributed by atoms with Crippen molar-refractivity contribution in [3.63, 3.8) is 0 Å². The van der Waals surface area contributed by atoms with Gasteiger partial charge in [-0.25, -0.2) is 16.8 Å². The lowest BCUT2D eigenvalue weighted by atomic mass is 10.2. The van der Waals surface area contributed by atoms with Crippen molar-refractivity contribution in [2.75, 3.05) is 20.9 Å². The number of nitrogens with zero attached hydrogens (tertiary/aromatic N) is 2. The van der Waals surface area contributed by atoms with E-state index in [-0.39, 0.29) is 26.9 Å². The van der Waals surface area contributed by atoms with Crippen LogP contribution in [0.5, 0.6) is 0 Å². The number of amides is 1. The minimum Gasteiger partial charge on any atom is -0.325 e. The van der Waals surface area contributed by atoms with Crippen molar-refractivity contribution in [2.24, 2.45) is 0 Å². The summed E-state index contributed by atoms with van der Waals surface area (Å²) in [5.41, 5.74) is 1.34. The minimum atomic E-state index is -4.22. The predicted octanol–water partition coefficient (Wildman–Crippen LogP) is 4.54. The van der Waals surface area contributed by atoms with Crippen LogP contribution in [0, 0.1) is 17.0 Å². The Hall–Kier alpha value is -4.75. The lowest BCUT2D eigenvalue weighted by Crippen LogP contribution is -2.38. The number of hydrogen-bond acceptors (Lipinski definition) is 7. The van der Waals surface area contributed by atoms with Crippen molar-refractivity contribution in [1.29, 1.82) is 0 Å². The van der Waals surface area contributed by atoms with E-state index in [9.17, 15) is 31.7 Å². The molecule has 0 radical (unpaired) electrons. The van der Waals surface area contributed by atoms with E-state index in [0.717, 1.165) is 22.0 Å². The average Bonchev–Trinajstić information content (AvgIpc) is 2.92. The zero-order chi connectivity index (χ0) is 28.9. The number of nitro groups is 1. The molecule has 4 rings (SSSR count). The summed E-state index contributed by atoms with van der Waals surface area (Å²) in [4.78, 5) is 23.3. The van der Waals surface area contributed by atoms with E-state index < -0.39 is 37.4 Å². The lowest BCUT2D eigenvalue weighted by molar-refractivity contribution is -0.384. The molecular formula is C27H24N4O7S2. The lowest BCUT2D eigenvalue weighted by Gasteiger charge is -2.24. The molecule has 0 aliphatic heterocycles. The topological polar surface area (TPSA) is 156 Å². The second-order valence-corrected chi connectivity index (χ2v) is 12.2. The number of non-ortho nitro benzene ring substituents is 1. The van der Waals surface area contributed by atoms with Crippen molar-refractivity contribution in [1.82, 2.24) is 0 Å². The smallest absolute Gasteiger partial charge is 0.269 e. The number of nitro benzene ring substituents is 1. The zero-order valence-corrected chi connectivity index (χ0v) is 22.7. The molecule has 11 nitrogen and oxygen atoms in total. The monoisotopic (exact) mass is 580 g/mol. The molecule has 13 heteroatoms. The summed E-state index contributed by atoms with van der Waals surface area (Å²) in [7, 11) is -8.11. The van der Waals surface area contributed by atoms with Gasteiger partial charge < -0.3 is 5.32 Å². The zero-order valence-electron chi connectivity index (χ0n) is 21.1.